The molecule has 0 spiro atoms. The van der Waals surface area contributed by atoms with E-state index in [9.17, 15) is 0 Å². The third-order valence-corrected chi connectivity index (χ3v) is 4.43. The Morgan fingerprint density at radius 3 is 2.67 bits per heavy atom. The molecule has 2 aliphatic carbocycles. The fourth-order valence-electron chi connectivity index (χ4n) is 3.45. The largest absolute Gasteiger partial charge is 0.0958 e. The van der Waals surface area contributed by atoms with Gasteiger partial charge in [0.2, 0.25) is 0 Å². The summed E-state index contributed by atoms with van der Waals surface area (Å²) in [6.07, 6.45) is 7.83. The Morgan fingerprint density at radius 1 is 1.27 bits per heavy atom. The van der Waals surface area contributed by atoms with Crippen molar-refractivity contribution >= 4 is 0 Å². The highest BCUT2D eigenvalue weighted by Gasteiger charge is 2.35. The molecular formula is C15H24. The van der Waals surface area contributed by atoms with Gasteiger partial charge < -0.3 is 0 Å². The topological polar surface area (TPSA) is 0 Å². The van der Waals surface area contributed by atoms with Gasteiger partial charge in [-0.3, -0.25) is 0 Å². The van der Waals surface area contributed by atoms with E-state index in [0.29, 0.717) is 0 Å². The summed E-state index contributed by atoms with van der Waals surface area (Å²) >= 11 is 0. The summed E-state index contributed by atoms with van der Waals surface area (Å²) in [7, 11) is 0. The smallest absolute Gasteiger partial charge is 0.0168 e. The molecule has 2 rings (SSSR count). The van der Waals surface area contributed by atoms with Crippen molar-refractivity contribution in [2.24, 2.45) is 23.7 Å². The maximum atomic E-state index is 4.15. The van der Waals surface area contributed by atoms with Crippen LogP contribution in [0.5, 0.6) is 0 Å². The molecule has 15 heavy (non-hydrogen) atoms. The van der Waals surface area contributed by atoms with Crippen molar-refractivity contribution in [1.29, 1.82) is 0 Å². The highest BCUT2D eigenvalue weighted by molar-refractivity contribution is 5.30. The molecule has 0 aromatic heterocycles. The zero-order valence-electron chi connectivity index (χ0n) is 10.4. The van der Waals surface area contributed by atoms with E-state index in [1.54, 1.807) is 5.57 Å². The van der Waals surface area contributed by atoms with Gasteiger partial charge in [0.05, 0.1) is 0 Å². The summed E-state index contributed by atoms with van der Waals surface area (Å²) in [5.74, 6) is 3.41. The molecule has 0 nitrogen and oxygen atoms in total. The standard InChI is InChI=1S/C15H24/c1-10(2)13-8-6-12(4)14-7-5-11(3)9-15(13)14/h9-10,12-14H,3,5-8H2,1-2,4H3. The highest BCUT2D eigenvalue weighted by Crippen LogP contribution is 2.46. The van der Waals surface area contributed by atoms with Gasteiger partial charge in [0.15, 0.2) is 0 Å². The summed E-state index contributed by atoms with van der Waals surface area (Å²) in [5, 5.41) is 0. The predicted octanol–water partition coefficient (Wildman–Crippen LogP) is 4.58. The van der Waals surface area contributed by atoms with Gasteiger partial charge in [-0.25, -0.2) is 0 Å². The molecule has 0 radical (unpaired) electrons. The van der Waals surface area contributed by atoms with E-state index >= 15 is 0 Å². The number of hydrogen-bond donors (Lipinski definition) is 0. The lowest BCUT2D eigenvalue weighted by atomic mass is 9.64. The SMILES string of the molecule is C=C1C=C2C(C(C)C)CCC(C)C2CC1. The molecule has 0 aromatic carbocycles. The van der Waals surface area contributed by atoms with Gasteiger partial charge in [0.25, 0.3) is 0 Å². The molecule has 2 aliphatic rings. The average Bonchev–Trinajstić information content (AvgIpc) is 2.17. The Balaban J connectivity index is 2.27. The molecule has 3 unspecified atom stereocenters. The molecule has 0 aliphatic heterocycles. The van der Waals surface area contributed by atoms with Gasteiger partial charge in [-0.15, -0.1) is 0 Å². The lowest BCUT2D eigenvalue weighted by Gasteiger charge is -2.41. The summed E-state index contributed by atoms with van der Waals surface area (Å²) in [4.78, 5) is 0. The normalized spacial score (nSPS) is 36.4. The predicted molar refractivity (Wildman–Crippen MR) is 66.7 cm³/mol. The van der Waals surface area contributed by atoms with Crippen molar-refractivity contribution in [2.75, 3.05) is 0 Å². The third kappa shape index (κ3) is 2.04. The number of fused-ring (bicyclic) bond motifs is 1. The first kappa shape index (κ1) is 11.0. The molecular weight excluding hydrogens is 180 g/mol. The maximum absolute atomic E-state index is 4.15. The molecule has 0 heteroatoms. The second kappa shape index (κ2) is 4.15. The third-order valence-electron chi connectivity index (χ3n) is 4.43. The van der Waals surface area contributed by atoms with Crippen molar-refractivity contribution in [2.45, 2.75) is 46.5 Å². The fraction of sp³-hybridized carbons (Fsp3) is 0.733. The summed E-state index contributed by atoms with van der Waals surface area (Å²) < 4.78 is 0. The van der Waals surface area contributed by atoms with E-state index in [1.165, 1.54) is 31.3 Å². The zero-order chi connectivity index (χ0) is 11.0. The minimum absolute atomic E-state index is 0.803. The Bertz CT molecular complexity index is 282. The minimum atomic E-state index is 0.803. The molecule has 1 fully saturated rings. The number of rotatable bonds is 1. The van der Waals surface area contributed by atoms with Crippen LogP contribution in [-0.2, 0) is 0 Å². The van der Waals surface area contributed by atoms with Crippen molar-refractivity contribution in [3.63, 3.8) is 0 Å². The van der Waals surface area contributed by atoms with E-state index in [0.717, 1.165) is 23.7 Å². The van der Waals surface area contributed by atoms with E-state index in [1.807, 2.05) is 0 Å². The fourth-order valence-corrected chi connectivity index (χ4v) is 3.45. The van der Waals surface area contributed by atoms with E-state index in [4.69, 9.17) is 0 Å². The highest BCUT2D eigenvalue weighted by atomic mass is 14.4. The summed E-state index contributed by atoms with van der Waals surface area (Å²) in [6, 6.07) is 0. The zero-order valence-corrected chi connectivity index (χ0v) is 10.4. The van der Waals surface area contributed by atoms with Crippen LogP contribution in [0.15, 0.2) is 23.8 Å². The summed E-state index contributed by atoms with van der Waals surface area (Å²) in [6.45, 7) is 11.3. The Morgan fingerprint density at radius 2 is 2.00 bits per heavy atom. The van der Waals surface area contributed by atoms with E-state index in [2.05, 4.69) is 33.4 Å². The van der Waals surface area contributed by atoms with Crippen LogP contribution < -0.4 is 0 Å². The van der Waals surface area contributed by atoms with E-state index < -0.39 is 0 Å². The van der Waals surface area contributed by atoms with Crippen LogP contribution in [-0.4, -0.2) is 0 Å². The Kier molecular flexibility index (Phi) is 3.04. The van der Waals surface area contributed by atoms with Crippen LogP contribution in [0.3, 0.4) is 0 Å². The number of hydrogen-bond acceptors (Lipinski definition) is 0. The second-order valence-corrected chi connectivity index (χ2v) is 5.85. The Labute approximate surface area is 94.5 Å². The molecule has 0 heterocycles. The average molecular weight is 204 g/mol. The number of allylic oxidation sites excluding steroid dienone is 3. The van der Waals surface area contributed by atoms with Gasteiger partial charge in [-0.2, -0.15) is 0 Å². The van der Waals surface area contributed by atoms with E-state index in [-0.39, 0.29) is 0 Å². The van der Waals surface area contributed by atoms with Gasteiger partial charge >= 0.3 is 0 Å². The molecule has 0 saturated heterocycles. The minimum Gasteiger partial charge on any atom is -0.0958 e. The van der Waals surface area contributed by atoms with Crippen LogP contribution in [0.25, 0.3) is 0 Å². The lowest BCUT2D eigenvalue weighted by molar-refractivity contribution is 0.224. The molecule has 0 amide bonds. The first-order valence-corrected chi connectivity index (χ1v) is 6.49. The monoisotopic (exact) mass is 204 g/mol. The second-order valence-electron chi connectivity index (χ2n) is 5.85. The van der Waals surface area contributed by atoms with Crippen LogP contribution in [0, 0.1) is 23.7 Å². The van der Waals surface area contributed by atoms with Crippen molar-refractivity contribution in [3.8, 4) is 0 Å². The Hall–Kier alpha value is -0.520. The van der Waals surface area contributed by atoms with Gasteiger partial charge in [-0.1, -0.05) is 44.6 Å². The van der Waals surface area contributed by atoms with Crippen LogP contribution in [0.4, 0.5) is 0 Å². The first-order valence-electron chi connectivity index (χ1n) is 6.49. The maximum Gasteiger partial charge on any atom is -0.0168 e. The van der Waals surface area contributed by atoms with Crippen LogP contribution >= 0.6 is 0 Å². The van der Waals surface area contributed by atoms with Crippen LogP contribution in [0.1, 0.15) is 46.5 Å². The van der Waals surface area contributed by atoms with Crippen LogP contribution in [0.2, 0.25) is 0 Å². The first-order chi connectivity index (χ1) is 7.09. The molecule has 0 bridgehead atoms. The van der Waals surface area contributed by atoms with Crippen molar-refractivity contribution in [3.05, 3.63) is 23.8 Å². The molecule has 1 saturated carbocycles. The summed E-state index contributed by atoms with van der Waals surface area (Å²) in [5.41, 5.74) is 3.10. The van der Waals surface area contributed by atoms with Gasteiger partial charge in [-0.05, 0) is 49.4 Å². The lowest BCUT2D eigenvalue weighted by Crippen LogP contribution is -2.30. The molecule has 3 atom stereocenters. The quantitative estimate of drug-likeness (QED) is 0.586. The molecule has 0 aromatic rings. The van der Waals surface area contributed by atoms with Gasteiger partial charge in [0.1, 0.15) is 0 Å². The molecule has 0 N–H and O–H groups in total. The molecule has 84 valence electrons. The van der Waals surface area contributed by atoms with Crippen molar-refractivity contribution < 1.29 is 0 Å². The van der Waals surface area contributed by atoms with Gasteiger partial charge in [0, 0.05) is 0 Å². The van der Waals surface area contributed by atoms with Crippen molar-refractivity contribution in [1.82, 2.24) is 0 Å².